The Morgan fingerprint density at radius 2 is 1.83 bits per heavy atom. The number of nitrogens with zero attached hydrogens (tertiary/aromatic N) is 3. The summed E-state index contributed by atoms with van der Waals surface area (Å²) >= 11 is 0. The van der Waals surface area contributed by atoms with Crippen molar-refractivity contribution < 1.29 is 0 Å². The van der Waals surface area contributed by atoms with Crippen LogP contribution in [0, 0.1) is 6.92 Å². The van der Waals surface area contributed by atoms with E-state index in [4.69, 9.17) is 4.98 Å². The molecular formula is C20H21N3. The number of benzene rings is 1. The topological polar surface area (TPSA) is 29.0 Å². The number of anilines is 1. The van der Waals surface area contributed by atoms with E-state index in [9.17, 15) is 0 Å². The number of rotatable bonds is 2. The van der Waals surface area contributed by atoms with Crippen molar-refractivity contribution in [2.24, 2.45) is 0 Å². The van der Waals surface area contributed by atoms with Gasteiger partial charge in [0.1, 0.15) is 0 Å². The molecule has 3 heteroatoms. The van der Waals surface area contributed by atoms with Crippen molar-refractivity contribution in [3.8, 4) is 11.1 Å². The minimum absolute atomic E-state index is 1.08. The van der Waals surface area contributed by atoms with Gasteiger partial charge in [-0.3, -0.25) is 9.97 Å². The molecule has 0 unspecified atom stereocenters. The van der Waals surface area contributed by atoms with E-state index >= 15 is 0 Å². The zero-order valence-corrected chi connectivity index (χ0v) is 13.5. The number of hydrogen-bond acceptors (Lipinski definition) is 3. The van der Waals surface area contributed by atoms with E-state index in [1.54, 1.807) is 6.20 Å². The van der Waals surface area contributed by atoms with Crippen molar-refractivity contribution in [3.63, 3.8) is 0 Å². The number of piperidine rings is 1. The monoisotopic (exact) mass is 303 g/mol. The van der Waals surface area contributed by atoms with Gasteiger partial charge in [0.15, 0.2) is 0 Å². The third-order valence-corrected chi connectivity index (χ3v) is 4.61. The summed E-state index contributed by atoms with van der Waals surface area (Å²) in [5.74, 6) is 0. The fourth-order valence-corrected chi connectivity index (χ4v) is 3.45. The Kier molecular flexibility index (Phi) is 3.70. The highest BCUT2D eigenvalue weighted by atomic mass is 15.1. The molecule has 116 valence electrons. The molecule has 1 aliphatic rings. The zero-order chi connectivity index (χ0) is 15.6. The first kappa shape index (κ1) is 14.2. The first-order valence-electron chi connectivity index (χ1n) is 8.38. The third kappa shape index (κ3) is 2.79. The quantitative estimate of drug-likeness (QED) is 0.693. The summed E-state index contributed by atoms with van der Waals surface area (Å²) in [6.07, 6.45) is 7.64. The van der Waals surface area contributed by atoms with Crippen molar-refractivity contribution >= 4 is 16.6 Å². The van der Waals surface area contributed by atoms with E-state index in [2.05, 4.69) is 47.1 Å². The van der Waals surface area contributed by atoms with Crippen LogP contribution < -0.4 is 4.90 Å². The summed E-state index contributed by atoms with van der Waals surface area (Å²) in [4.78, 5) is 11.5. The van der Waals surface area contributed by atoms with E-state index in [-0.39, 0.29) is 0 Å². The maximum absolute atomic E-state index is 4.77. The first-order valence-corrected chi connectivity index (χ1v) is 8.38. The van der Waals surface area contributed by atoms with Crippen LogP contribution in [-0.2, 0) is 0 Å². The normalized spacial score (nSPS) is 15.1. The molecule has 2 aromatic heterocycles. The van der Waals surface area contributed by atoms with Crippen LogP contribution in [0.2, 0.25) is 0 Å². The Balaban J connectivity index is 1.83. The van der Waals surface area contributed by atoms with Gasteiger partial charge in [-0.25, -0.2) is 0 Å². The predicted molar refractivity (Wildman–Crippen MR) is 95.8 cm³/mol. The highest BCUT2D eigenvalue weighted by Gasteiger charge is 2.15. The largest absolute Gasteiger partial charge is 0.371 e. The molecule has 0 N–H and O–H groups in total. The molecule has 1 aliphatic heterocycles. The fraction of sp³-hybridized carbons (Fsp3) is 0.300. The lowest BCUT2D eigenvalue weighted by Gasteiger charge is -2.30. The summed E-state index contributed by atoms with van der Waals surface area (Å²) in [6.45, 7) is 4.40. The van der Waals surface area contributed by atoms with Gasteiger partial charge in [-0.05, 0) is 49.9 Å². The van der Waals surface area contributed by atoms with Gasteiger partial charge in [0, 0.05) is 47.8 Å². The van der Waals surface area contributed by atoms with Gasteiger partial charge in [-0.1, -0.05) is 18.2 Å². The van der Waals surface area contributed by atoms with Crippen LogP contribution in [0.15, 0.2) is 48.8 Å². The maximum atomic E-state index is 4.77. The molecule has 3 aromatic rings. The van der Waals surface area contributed by atoms with E-state index in [1.807, 2.05) is 12.3 Å². The van der Waals surface area contributed by atoms with Crippen LogP contribution in [0.1, 0.15) is 25.0 Å². The summed E-state index contributed by atoms with van der Waals surface area (Å²) in [7, 11) is 0. The van der Waals surface area contributed by atoms with Crippen LogP contribution in [0.4, 0.5) is 5.69 Å². The first-order chi connectivity index (χ1) is 11.3. The lowest BCUT2D eigenvalue weighted by molar-refractivity contribution is 0.579. The Morgan fingerprint density at radius 1 is 0.957 bits per heavy atom. The minimum Gasteiger partial charge on any atom is -0.371 e. The Hall–Kier alpha value is -2.42. The van der Waals surface area contributed by atoms with E-state index < -0.39 is 0 Å². The SMILES string of the molecule is Cc1cc(N2CCCCC2)c2ccc(-c3cccnc3)cc2n1. The number of hydrogen-bond donors (Lipinski definition) is 0. The lowest BCUT2D eigenvalue weighted by atomic mass is 10.0. The van der Waals surface area contributed by atoms with Crippen LogP contribution in [-0.4, -0.2) is 23.1 Å². The van der Waals surface area contributed by atoms with Crippen molar-refractivity contribution in [2.45, 2.75) is 26.2 Å². The highest BCUT2D eigenvalue weighted by molar-refractivity contribution is 5.94. The minimum atomic E-state index is 1.08. The molecule has 23 heavy (non-hydrogen) atoms. The molecule has 0 aliphatic carbocycles. The van der Waals surface area contributed by atoms with Gasteiger partial charge < -0.3 is 4.90 Å². The molecule has 0 amide bonds. The molecule has 0 atom stereocenters. The molecule has 4 rings (SSSR count). The van der Waals surface area contributed by atoms with Crippen LogP contribution in [0.25, 0.3) is 22.0 Å². The number of fused-ring (bicyclic) bond motifs is 1. The predicted octanol–water partition coefficient (Wildman–Crippen LogP) is 4.60. The molecule has 0 spiro atoms. The Bertz CT molecular complexity index is 821. The van der Waals surface area contributed by atoms with Gasteiger partial charge in [0.2, 0.25) is 0 Å². The van der Waals surface area contributed by atoms with Crippen molar-refractivity contribution in [3.05, 3.63) is 54.5 Å². The molecule has 1 saturated heterocycles. The molecule has 3 heterocycles. The van der Waals surface area contributed by atoms with Crippen molar-refractivity contribution in [2.75, 3.05) is 18.0 Å². The number of aromatic nitrogens is 2. The fourth-order valence-electron chi connectivity index (χ4n) is 3.45. The number of pyridine rings is 2. The smallest absolute Gasteiger partial charge is 0.0732 e. The second-order valence-electron chi connectivity index (χ2n) is 6.30. The van der Waals surface area contributed by atoms with E-state index in [0.717, 1.165) is 29.9 Å². The third-order valence-electron chi connectivity index (χ3n) is 4.61. The van der Waals surface area contributed by atoms with Crippen LogP contribution >= 0.6 is 0 Å². The van der Waals surface area contributed by atoms with Crippen LogP contribution in [0.5, 0.6) is 0 Å². The Labute approximate surface area is 137 Å². The molecule has 0 radical (unpaired) electrons. The maximum Gasteiger partial charge on any atom is 0.0732 e. The second kappa shape index (κ2) is 5.99. The van der Waals surface area contributed by atoms with Crippen molar-refractivity contribution in [1.82, 2.24) is 9.97 Å². The van der Waals surface area contributed by atoms with Gasteiger partial charge in [-0.15, -0.1) is 0 Å². The van der Waals surface area contributed by atoms with Crippen molar-refractivity contribution in [1.29, 1.82) is 0 Å². The number of aryl methyl sites for hydroxylation is 1. The highest BCUT2D eigenvalue weighted by Crippen LogP contribution is 2.31. The standard InChI is InChI=1S/C20H21N3/c1-15-12-20(23-10-3-2-4-11-23)18-8-7-16(13-19(18)22-15)17-6-5-9-21-14-17/h5-9,12-14H,2-4,10-11H2,1H3. The molecule has 3 nitrogen and oxygen atoms in total. The van der Waals surface area contributed by atoms with E-state index in [0.29, 0.717) is 0 Å². The average Bonchev–Trinajstić information content (AvgIpc) is 2.62. The lowest BCUT2D eigenvalue weighted by Crippen LogP contribution is -2.29. The van der Waals surface area contributed by atoms with Gasteiger partial charge in [-0.2, -0.15) is 0 Å². The molecule has 0 saturated carbocycles. The second-order valence-corrected chi connectivity index (χ2v) is 6.30. The zero-order valence-electron chi connectivity index (χ0n) is 13.5. The average molecular weight is 303 g/mol. The molecule has 0 bridgehead atoms. The summed E-state index contributed by atoms with van der Waals surface area (Å²) in [5, 5.41) is 1.25. The molecule has 1 aromatic carbocycles. The van der Waals surface area contributed by atoms with Gasteiger partial charge in [0.25, 0.3) is 0 Å². The summed E-state index contributed by atoms with van der Waals surface area (Å²) in [6, 6.07) is 12.9. The van der Waals surface area contributed by atoms with Gasteiger partial charge in [0.05, 0.1) is 5.52 Å². The summed E-state index contributed by atoms with van der Waals surface area (Å²) in [5.41, 5.74) is 5.81. The van der Waals surface area contributed by atoms with Gasteiger partial charge >= 0.3 is 0 Å². The summed E-state index contributed by atoms with van der Waals surface area (Å²) < 4.78 is 0. The van der Waals surface area contributed by atoms with E-state index in [1.165, 1.54) is 35.9 Å². The van der Waals surface area contributed by atoms with Crippen LogP contribution in [0.3, 0.4) is 0 Å². The molecule has 1 fully saturated rings. The Morgan fingerprint density at radius 3 is 2.61 bits per heavy atom. The molecular weight excluding hydrogens is 282 g/mol.